The molecule has 1 atom stereocenters. The van der Waals surface area contributed by atoms with Gasteiger partial charge in [0, 0.05) is 25.0 Å². The lowest BCUT2D eigenvalue weighted by Crippen LogP contribution is -2.30. The fourth-order valence-electron chi connectivity index (χ4n) is 1.62. The second-order valence-electron chi connectivity index (χ2n) is 4.91. The lowest BCUT2D eigenvalue weighted by molar-refractivity contribution is 0.138. The van der Waals surface area contributed by atoms with Crippen molar-refractivity contribution in [2.24, 2.45) is 5.92 Å². The minimum atomic E-state index is -0.467. The van der Waals surface area contributed by atoms with Crippen LogP contribution >= 0.6 is 0 Å². The van der Waals surface area contributed by atoms with Crippen molar-refractivity contribution in [2.45, 2.75) is 38.8 Å². The van der Waals surface area contributed by atoms with E-state index >= 15 is 0 Å². The highest BCUT2D eigenvalue weighted by molar-refractivity contribution is 5.31. The normalized spacial score (nSPS) is 17.2. The standard InChI is InChI=1S/C12H19N3O2/c1-8(2)10(16)7-14-11-12(17)15(6-5-13-11)9-3-4-9/h5-6,8-10,16H,3-4,7H2,1-2H3,(H,13,14). The summed E-state index contributed by atoms with van der Waals surface area (Å²) < 4.78 is 1.72. The van der Waals surface area contributed by atoms with Crippen LogP contribution in [0.25, 0.3) is 0 Å². The molecule has 2 N–H and O–H groups in total. The maximum atomic E-state index is 12.0. The van der Waals surface area contributed by atoms with Gasteiger partial charge in [-0.05, 0) is 18.8 Å². The molecule has 1 aromatic heterocycles. The number of anilines is 1. The van der Waals surface area contributed by atoms with Gasteiger partial charge in [-0.25, -0.2) is 4.98 Å². The zero-order valence-electron chi connectivity index (χ0n) is 10.3. The van der Waals surface area contributed by atoms with Crippen LogP contribution in [0, 0.1) is 5.92 Å². The van der Waals surface area contributed by atoms with Crippen LogP contribution in [0.3, 0.4) is 0 Å². The first-order chi connectivity index (χ1) is 8.09. The smallest absolute Gasteiger partial charge is 0.293 e. The molecule has 17 heavy (non-hydrogen) atoms. The van der Waals surface area contributed by atoms with E-state index in [1.54, 1.807) is 17.0 Å². The molecule has 0 saturated heterocycles. The fraction of sp³-hybridized carbons (Fsp3) is 0.667. The van der Waals surface area contributed by atoms with E-state index in [1.807, 2.05) is 13.8 Å². The summed E-state index contributed by atoms with van der Waals surface area (Å²) in [6.45, 7) is 4.23. The molecule has 1 aliphatic rings. The Morgan fingerprint density at radius 3 is 2.88 bits per heavy atom. The average Bonchev–Trinajstić information content (AvgIpc) is 3.11. The SMILES string of the molecule is CC(C)C(O)CNc1nccn(C2CC2)c1=O. The molecule has 0 aromatic carbocycles. The average molecular weight is 237 g/mol. The molecule has 0 aliphatic heterocycles. The molecular formula is C12H19N3O2. The zero-order valence-corrected chi connectivity index (χ0v) is 10.3. The van der Waals surface area contributed by atoms with Crippen molar-refractivity contribution in [3.63, 3.8) is 0 Å². The van der Waals surface area contributed by atoms with Gasteiger partial charge in [-0.1, -0.05) is 13.8 Å². The van der Waals surface area contributed by atoms with Crippen LogP contribution in [0.1, 0.15) is 32.7 Å². The van der Waals surface area contributed by atoms with Crippen LogP contribution < -0.4 is 10.9 Å². The van der Waals surface area contributed by atoms with Crippen LogP contribution in [-0.4, -0.2) is 27.3 Å². The number of aromatic nitrogens is 2. The molecule has 0 radical (unpaired) electrons. The van der Waals surface area contributed by atoms with E-state index in [2.05, 4.69) is 10.3 Å². The summed E-state index contributed by atoms with van der Waals surface area (Å²) in [5.41, 5.74) is -0.0917. The summed E-state index contributed by atoms with van der Waals surface area (Å²) in [6.07, 6.45) is 5.02. The molecule has 1 aliphatic carbocycles. The molecule has 5 heteroatoms. The van der Waals surface area contributed by atoms with Gasteiger partial charge in [0.15, 0.2) is 5.82 Å². The van der Waals surface area contributed by atoms with Gasteiger partial charge in [-0.15, -0.1) is 0 Å². The van der Waals surface area contributed by atoms with E-state index in [-0.39, 0.29) is 11.5 Å². The van der Waals surface area contributed by atoms with Gasteiger partial charge in [0.25, 0.3) is 5.56 Å². The Labute approximate surface area is 100 Å². The fourth-order valence-corrected chi connectivity index (χ4v) is 1.62. The Morgan fingerprint density at radius 2 is 2.29 bits per heavy atom. The van der Waals surface area contributed by atoms with Gasteiger partial charge in [0.05, 0.1) is 6.10 Å². The molecule has 5 nitrogen and oxygen atoms in total. The first-order valence-corrected chi connectivity index (χ1v) is 6.08. The van der Waals surface area contributed by atoms with Gasteiger partial charge in [-0.3, -0.25) is 4.79 Å². The molecule has 1 aromatic rings. The van der Waals surface area contributed by atoms with Crippen molar-refractivity contribution in [1.82, 2.24) is 9.55 Å². The Balaban J connectivity index is 2.06. The molecule has 1 heterocycles. The molecule has 94 valence electrons. The quantitative estimate of drug-likeness (QED) is 0.802. The van der Waals surface area contributed by atoms with Crippen LogP contribution in [0.15, 0.2) is 17.2 Å². The minimum Gasteiger partial charge on any atom is -0.391 e. The van der Waals surface area contributed by atoms with E-state index in [4.69, 9.17) is 0 Å². The molecule has 1 fully saturated rings. The Morgan fingerprint density at radius 1 is 1.59 bits per heavy atom. The molecule has 1 saturated carbocycles. The number of nitrogens with one attached hydrogen (secondary N) is 1. The molecule has 2 rings (SSSR count). The molecule has 0 amide bonds. The van der Waals surface area contributed by atoms with Gasteiger partial charge >= 0.3 is 0 Å². The summed E-state index contributed by atoms with van der Waals surface area (Å²) in [5.74, 6) is 0.496. The Kier molecular flexibility index (Phi) is 3.47. The number of aliphatic hydroxyl groups excluding tert-OH is 1. The second-order valence-corrected chi connectivity index (χ2v) is 4.91. The van der Waals surface area contributed by atoms with Crippen molar-refractivity contribution in [2.75, 3.05) is 11.9 Å². The molecular weight excluding hydrogens is 218 g/mol. The zero-order chi connectivity index (χ0) is 12.4. The Bertz CT molecular complexity index is 438. The van der Waals surface area contributed by atoms with Crippen LogP contribution in [0.4, 0.5) is 5.82 Å². The summed E-state index contributed by atoms with van der Waals surface area (Å²) in [7, 11) is 0. The Hall–Kier alpha value is -1.36. The lowest BCUT2D eigenvalue weighted by atomic mass is 10.1. The highest BCUT2D eigenvalue weighted by Gasteiger charge is 2.25. The number of hydrogen-bond donors (Lipinski definition) is 2. The lowest BCUT2D eigenvalue weighted by Gasteiger charge is -2.15. The van der Waals surface area contributed by atoms with E-state index in [0.29, 0.717) is 18.4 Å². The topological polar surface area (TPSA) is 67.2 Å². The van der Waals surface area contributed by atoms with Crippen molar-refractivity contribution in [3.05, 3.63) is 22.7 Å². The third-order valence-corrected chi connectivity index (χ3v) is 3.06. The summed E-state index contributed by atoms with van der Waals surface area (Å²) in [6, 6.07) is 0.348. The number of rotatable bonds is 5. The van der Waals surface area contributed by atoms with Crippen molar-refractivity contribution in [3.8, 4) is 0 Å². The predicted octanol–water partition coefficient (Wildman–Crippen LogP) is 1.01. The van der Waals surface area contributed by atoms with Crippen molar-refractivity contribution in [1.29, 1.82) is 0 Å². The van der Waals surface area contributed by atoms with Crippen molar-refractivity contribution < 1.29 is 5.11 Å². The maximum absolute atomic E-state index is 12.0. The summed E-state index contributed by atoms with van der Waals surface area (Å²) in [4.78, 5) is 16.0. The van der Waals surface area contributed by atoms with Gasteiger partial charge in [0.2, 0.25) is 0 Å². The van der Waals surface area contributed by atoms with Gasteiger partial charge in [-0.2, -0.15) is 0 Å². The third kappa shape index (κ3) is 2.85. The highest BCUT2D eigenvalue weighted by Crippen LogP contribution is 2.33. The number of nitrogens with zero attached hydrogens (tertiary/aromatic N) is 2. The summed E-state index contributed by atoms with van der Waals surface area (Å²) >= 11 is 0. The van der Waals surface area contributed by atoms with E-state index < -0.39 is 6.10 Å². The van der Waals surface area contributed by atoms with E-state index in [9.17, 15) is 9.90 Å². The molecule has 0 bridgehead atoms. The minimum absolute atomic E-state index is 0.0917. The van der Waals surface area contributed by atoms with Crippen LogP contribution in [-0.2, 0) is 0 Å². The number of hydrogen-bond acceptors (Lipinski definition) is 4. The predicted molar refractivity (Wildman–Crippen MR) is 66.1 cm³/mol. The number of aliphatic hydroxyl groups is 1. The maximum Gasteiger partial charge on any atom is 0.293 e. The van der Waals surface area contributed by atoms with Gasteiger partial charge in [0.1, 0.15) is 0 Å². The van der Waals surface area contributed by atoms with E-state index in [1.165, 1.54) is 0 Å². The van der Waals surface area contributed by atoms with Crippen LogP contribution in [0.2, 0.25) is 0 Å². The summed E-state index contributed by atoms with van der Waals surface area (Å²) in [5, 5.41) is 12.6. The first-order valence-electron chi connectivity index (χ1n) is 6.08. The van der Waals surface area contributed by atoms with Gasteiger partial charge < -0.3 is 15.0 Å². The molecule has 1 unspecified atom stereocenters. The second kappa shape index (κ2) is 4.87. The van der Waals surface area contributed by atoms with Crippen LogP contribution in [0.5, 0.6) is 0 Å². The molecule has 0 spiro atoms. The van der Waals surface area contributed by atoms with E-state index in [0.717, 1.165) is 12.8 Å². The third-order valence-electron chi connectivity index (χ3n) is 3.06. The first kappa shape index (κ1) is 12.1. The highest BCUT2D eigenvalue weighted by atomic mass is 16.3. The monoisotopic (exact) mass is 237 g/mol. The largest absolute Gasteiger partial charge is 0.391 e. The van der Waals surface area contributed by atoms with Crippen molar-refractivity contribution >= 4 is 5.82 Å².